The van der Waals surface area contributed by atoms with Crippen molar-refractivity contribution in [3.8, 4) is 22.6 Å². The molecule has 7 nitrogen and oxygen atoms in total. The average molecular weight is 551 g/mol. The summed E-state index contributed by atoms with van der Waals surface area (Å²) in [6.45, 7) is 0. The second-order valence-corrected chi connectivity index (χ2v) is 10.1. The molecule has 0 aliphatic heterocycles. The van der Waals surface area contributed by atoms with Gasteiger partial charge >= 0.3 is 0 Å². The zero-order chi connectivity index (χ0) is 27.2. The Morgan fingerprint density at radius 1 is 0.641 bits per heavy atom. The quantitative estimate of drug-likeness (QED) is 0.0889. The Hall–Kier alpha value is -4.34. The lowest BCUT2D eigenvalue weighted by molar-refractivity contribution is 0.597. The maximum absolute atomic E-state index is 8.36. The summed E-state index contributed by atoms with van der Waals surface area (Å²) in [7, 11) is 0. The normalized spacial score (nSPS) is 10.7. The molecule has 0 radical (unpaired) electrons. The van der Waals surface area contributed by atoms with Gasteiger partial charge in [0.05, 0.1) is 11.4 Å². The Morgan fingerprint density at radius 2 is 1.10 bits per heavy atom. The molecule has 9 heteroatoms. The molecule has 5 rings (SSSR count). The predicted octanol–water partition coefficient (Wildman–Crippen LogP) is 7.72. The number of nitrogens with one attached hydrogen (secondary N) is 4. The van der Waals surface area contributed by atoms with Gasteiger partial charge in [0.25, 0.3) is 0 Å². The third-order valence-corrected chi connectivity index (χ3v) is 7.49. The SMILES string of the molecule is CSc1cc(-c2ccc(-c3ccc(NC(=N)c4ccccn4)c(SC)c3)o2)ccc1NC(=N)c1ccccn1. The van der Waals surface area contributed by atoms with E-state index in [9.17, 15) is 0 Å². The fourth-order valence-electron chi connectivity index (χ4n) is 3.96. The number of pyridine rings is 2. The number of anilines is 2. The van der Waals surface area contributed by atoms with Crippen LogP contribution in [0.15, 0.2) is 112 Å². The molecule has 0 amide bonds. The van der Waals surface area contributed by atoms with Gasteiger partial charge in [0.1, 0.15) is 34.6 Å². The topological polar surface area (TPSA) is 111 Å². The predicted molar refractivity (Wildman–Crippen MR) is 163 cm³/mol. The van der Waals surface area contributed by atoms with Gasteiger partial charge in [-0.1, -0.05) is 12.1 Å². The third-order valence-electron chi connectivity index (χ3n) is 5.94. The summed E-state index contributed by atoms with van der Waals surface area (Å²) in [5.74, 6) is 2.02. The summed E-state index contributed by atoms with van der Waals surface area (Å²) < 4.78 is 6.27. The van der Waals surface area contributed by atoms with Gasteiger partial charge in [0.15, 0.2) is 0 Å². The van der Waals surface area contributed by atoms with Gasteiger partial charge in [-0.25, -0.2) is 0 Å². The van der Waals surface area contributed by atoms with Gasteiger partial charge < -0.3 is 15.1 Å². The molecular weight excluding hydrogens is 525 g/mol. The Bertz CT molecular complexity index is 1500. The van der Waals surface area contributed by atoms with E-state index < -0.39 is 0 Å². The lowest BCUT2D eigenvalue weighted by atomic mass is 10.1. The van der Waals surface area contributed by atoms with Crippen molar-refractivity contribution in [3.05, 3.63) is 109 Å². The van der Waals surface area contributed by atoms with E-state index in [0.29, 0.717) is 11.4 Å². The van der Waals surface area contributed by atoms with Crippen LogP contribution < -0.4 is 10.6 Å². The smallest absolute Gasteiger partial charge is 0.148 e. The second-order valence-electron chi connectivity index (χ2n) is 8.42. The number of furan rings is 1. The van der Waals surface area contributed by atoms with Gasteiger partial charge in [0.2, 0.25) is 0 Å². The Balaban J connectivity index is 1.35. The molecule has 0 aliphatic carbocycles. The molecule has 0 spiro atoms. The Kier molecular flexibility index (Phi) is 8.10. The molecule has 4 N–H and O–H groups in total. The highest BCUT2D eigenvalue weighted by Gasteiger charge is 2.14. The zero-order valence-corrected chi connectivity index (χ0v) is 23.0. The van der Waals surface area contributed by atoms with Crippen molar-refractivity contribution in [1.29, 1.82) is 10.8 Å². The highest BCUT2D eigenvalue weighted by Crippen LogP contribution is 2.36. The summed E-state index contributed by atoms with van der Waals surface area (Å²) in [5, 5.41) is 23.1. The van der Waals surface area contributed by atoms with Crippen molar-refractivity contribution in [2.45, 2.75) is 9.79 Å². The summed E-state index contributed by atoms with van der Waals surface area (Å²) in [6, 6.07) is 27.0. The molecule has 2 aromatic carbocycles. The van der Waals surface area contributed by atoms with Crippen LogP contribution >= 0.6 is 23.5 Å². The van der Waals surface area contributed by atoms with Crippen molar-refractivity contribution >= 4 is 46.6 Å². The fraction of sp³-hybridized carbons (Fsp3) is 0.0667. The number of benzene rings is 2. The van der Waals surface area contributed by atoms with Crippen molar-refractivity contribution in [2.24, 2.45) is 0 Å². The van der Waals surface area contributed by atoms with E-state index in [-0.39, 0.29) is 11.7 Å². The molecular formula is C30H26N6OS2. The van der Waals surface area contributed by atoms with Crippen LogP contribution in [0.5, 0.6) is 0 Å². The first-order valence-electron chi connectivity index (χ1n) is 12.1. The van der Waals surface area contributed by atoms with Crippen LogP contribution in [-0.4, -0.2) is 34.2 Å². The fourth-order valence-corrected chi connectivity index (χ4v) is 5.13. The van der Waals surface area contributed by atoms with Crippen LogP contribution in [0.3, 0.4) is 0 Å². The maximum Gasteiger partial charge on any atom is 0.148 e. The van der Waals surface area contributed by atoms with E-state index in [0.717, 1.165) is 43.8 Å². The minimum Gasteiger partial charge on any atom is -0.456 e. The minimum atomic E-state index is 0.247. The van der Waals surface area contributed by atoms with Gasteiger partial charge in [-0.05, 0) is 85.3 Å². The van der Waals surface area contributed by atoms with Crippen molar-refractivity contribution in [2.75, 3.05) is 23.1 Å². The summed E-state index contributed by atoms with van der Waals surface area (Å²) >= 11 is 3.20. The molecule has 0 bridgehead atoms. The average Bonchev–Trinajstić information content (AvgIpc) is 3.49. The molecule has 0 saturated heterocycles. The van der Waals surface area contributed by atoms with Crippen LogP contribution in [0.25, 0.3) is 22.6 Å². The maximum atomic E-state index is 8.36. The summed E-state index contributed by atoms with van der Waals surface area (Å²) in [5.41, 5.74) is 4.77. The van der Waals surface area contributed by atoms with Crippen molar-refractivity contribution in [3.63, 3.8) is 0 Å². The minimum absolute atomic E-state index is 0.247. The molecule has 0 fully saturated rings. The molecule has 0 atom stereocenters. The van der Waals surface area contributed by atoms with Gasteiger partial charge in [-0.2, -0.15) is 0 Å². The third kappa shape index (κ3) is 6.05. The number of thioether (sulfide) groups is 2. The highest BCUT2D eigenvalue weighted by atomic mass is 32.2. The Labute approximate surface area is 235 Å². The summed E-state index contributed by atoms with van der Waals surface area (Å²) in [4.78, 5) is 10.5. The van der Waals surface area contributed by atoms with E-state index in [1.54, 1.807) is 35.9 Å². The molecule has 194 valence electrons. The number of hydrogen-bond acceptors (Lipinski definition) is 7. The lowest BCUT2D eigenvalue weighted by Crippen LogP contribution is -2.14. The first-order valence-corrected chi connectivity index (χ1v) is 14.5. The van der Waals surface area contributed by atoms with E-state index in [2.05, 4.69) is 32.7 Å². The monoisotopic (exact) mass is 550 g/mol. The number of amidine groups is 2. The second kappa shape index (κ2) is 12.0. The van der Waals surface area contributed by atoms with Crippen LogP contribution in [0.2, 0.25) is 0 Å². The largest absolute Gasteiger partial charge is 0.456 e. The molecule has 0 aliphatic rings. The van der Waals surface area contributed by atoms with Crippen LogP contribution in [0, 0.1) is 10.8 Å². The molecule has 0 unspecified atom stereocenters. The highest BCUT2D eigenvalue weighted by molar-refractivity contribution is 7.99. The molecule has 5 aromatic rings. The van der Waals surface area contributed by atoms with Gasteiger partial charge in [-0.15, -0.1) is 23.5 Å². The lowest BCUT2D eigenvalue weighted by Gasteiger charge is -2.13. The van der Waals surface area contributed by atoms with E-state index >= 15 is 0 Å². The number of aromatic nitrogens is 2. The number of rotatable bonds is 8. The van der Waals surface area contributed by atoms with Crippen LogP contribution in [0.1, 0.15) is 11.4 Å². The van der Waals surface area contributed by atoms with Crippen LogP contribution in [0.4, 0.5) is 11.4 Å². The van der Waals surface area contributed by atoms with Crippen molar-refractivity contribution in [1.82, 2.24) is 9.97 Å². The summed E-state index contributed by atoms with van der Waals surface area (Å²) in [6.07, 6.45) is 7.38. The van der Waals surface area contributed by atoms with E-state index in [1.807, 2.05) is 85.3 Å². The number of nitrogens with zero attached hydrogens (tertiary/aromatic N) is 2. The van der Waals surface area contributed by atoms with Crippen LogP contribution in [-0.2, 0) is 0 Å². The first kappa shape index (κ1) is 26.3. The van der Waals surface area contributed by atoms with E-state index in [4.69, 9.17) is 15.2 Å². The molecule has 39 heavy (non-hydrogen) atoms. The Morgan fingerprint density at radius 3 is 1.49 bits per heavy atom. The van der Waals surface area contributed by atoms with Gasteiger partial charge in [-0.3, -0.25) is 20.8 Å². The van der Waals surface area contributed by atoms with Crippen molar-refractivity contribution < 1.29 is 4.42 Å². The molecule has 0 saturated carbocycles. The number of hydrogen-bond donors (Lipinski definition) is 4. The van der Waals surface area contributed by atoms with Gasteiger partial charge in [0, 0.05) is 33.3 Å². The van der Waals surface area contributed by atoms with E-state index in [1.165, 1.54) is 0 Å². The molecule has 3 heterocycles. The standard InChI is InChI=1S/C30H26N6OS2/c1-38-27-17-19(9-11-21(27)35-29(31)23-7-3-5-15-33-23)25-13-14-26(37-25)20-10-12-22(28(18-20)39-2)36-30(32)24-8-4-6-16-34-24/h3-18H,1-2H3,(H2,31,35)(H2,32,36). The first-order chi connectivity index (χ1) is 19.1. The zero-order valence-electron chi connectivity index (χ0n) is 21.4. The molecule has 3 aromatic heterocycles.